The van der Waals surface area contributed by atoms with Crippen molar-refractivity contribution in [1.82, 2.24) is 20.1 Å². The van der Waals surface area contributed by atoms with Crippen molar-refractivity contribution in [3.8, 4) is 11.1 Å². The van der Waals surface area contributed by atoms with Crippen molar-refractivity contribution in [2.75, 3.05) is 19.6 Å². The van der Waals surface area contributed by atoms with E-state index in [0.717, 1.165) is 28.4 Å². The minimum absolute atomic E-state index is 0.0343. The van der Waals surface area contributed by atoms with E-state index in [1.165, 1.54) is 0 Å². The highest BCUT2D eigenvalue weighted by Crippen LogP contribution is 2.30. The molecule has 0 atom stereocenters. The molecule has 1 aliphatic heterocycles. The number of Topliss-reactive ketones (excluding diaryl/α,β-unsaturated/α-hetero) is 1. The Kier molecular flexibility index (Phi) is 5.46. The molecule has 1 aromatic carbocycles. The number of benzene rings is 1. The highest BCUT2D eigenvalue weighted by molar-refractivity contribution is 5.91. The first-order chi connectivity index (χ1) is 13.9. The quantitative estimate of drug-likeness (QED) is 0.681. The number of fused-ring (bicyclic) bond motifs is 1. The van der Waals surface area contributed by atoms with Gasteiger partial charge in [-0.3, -0.25) is 14.9 Å². The van der Waals surface area contributed by atoms with Crippen LogP contribution in [0.15, 0.2) is 42.9 Å². The van der Waals surface area contributed by atoms with Crippen LogP contribution in [0.4, 0.5) is 4.39 Å². The van der Waals surface area contributed by atoms with E-state index < -0.39 is 5.67 Å². The molecule has 3 heterocycles. The molecule has 2 aromatic heterocycles. The minimum atomic E-state index is -1.73. The van der Waals surface area contributed by atoms with E-state index in [1.54, 1.807) is 12.4 Å². The van der Waals surface area contributed by atoms with Crippen LogP contribution in [-0.2, 0) is 11.2 Å². The summed E-state index contributed by atoms with van der Waals surface area (Å²) in [4.78, 5) is 19.4. The molecule has 1 aliphatic rings. The summed E-state index contributed by atoms with van der Waals surface area (Å²) >= 11 is 0. The summed E-state index contributed by atoms with van der Waals surface area (Å²) in [5, 5.41) is 8.78. The lowest BCUT2D eigenvalue weighted by molar-refractivity contribution is -0.133. The summed E-state index contributed by atoms with van der Waals surface area (Å²) in [5.41, 5.74) is 0.919. The van der Waals surface area contributed by atoms with Crippen LogP contribution in [0, 0.1) is 5.92 Å². The van der Waals surface area contributed by atoms with Crippen LogP contribution in [0.5, 0.6) is 0 Å². The maximum absolute atomic E-state index is 15.3. The number of H-pyrrole nitrogens is 1. The third-order valence-corrected chi connectivity index (χ3v) is 5.72. The second kappa shape index (κ2) is 8.03. The first-order valence-electron chi connectivity index (χ1n) is 10.3. The van der Waals surface area contributed by atoms with E-state index in [9.17, 15) is 4.79 Å². The van der Waals surface area contributed by atoms with Crippen LogP contribution in [-0.4, -0.2) is 51.2 Å². The molecular formula is C23H27FN4O. The molecule has 0 amide bonds. The van der Waals surface area contributed by atoms with Crippen LogP contribution >= 0.6 is 0 Å². The molecule has 0 saturated carbocycles. The lowest BCUT2D eigenvalue weighted by Crippen LogP contribution is -2.47. The molecule has 6 heteroatoms. The lowest BCUT2D eigenvalue weighted by Gasteiger charge is -2.36. The van der Waals surface area contributed by atoms with Crippen molar-refractivity contribution in [3.63, 3.8) is 0 Å². The molecule has 5 nitrogen and oxygen atoms in total. The number of nitrogens with one attached hydrogen (secondary N) is 1. The molecule has 152 valence electrons. The predicted octanol–water partition coefficient (Wildman–Crippen LogP) is 4.20. The second-order valence-corrected chi connectivity index (χ2v) is 8.48. The van der Waals surface area contributed by atoms with Gasteiger partial charge in [-0.1, -0.05) is 26.0 Å². The normalized spacial score (nSPS) is 17.1. The molecule has 1 N–H and O–H groups in total. The smallest absolute Gasteiger partial charge is 0.175 e. The number of hydrogen-bond acceptors (Lipinski definition) is 4. The monoisotopic (exact) mass is 394 g/mol. The van der Waals surface area contributed by atoms with Gasteiger partial charge in [-0.15, -0.1) is 0 Å². The fraction of sp³-hybridized carbons (Fsp3) is 0.435. The van der Waals surface area contributed by atoms with Gasteiger partial charge in [0.15, 0.2) is 11.5 Å². The van der Waals surface area contributed by atoms with E-state index in [-0.39, 0.29) is 25.0 Å². The Balaban J connectivity index is 1.48. The molecule has 0 aliphatic carbocycles. The number of alkyl halides is 1. The zero-order valence-corrected chi connectivity index (χ0v) is 17.0. The molecule has 0 spiro atoms. The fourth-order valence-corrected chi connectivity index (χ4v) is 4.08. The number of aromatic amines is 1. The molecule has 0 unspecified atom stereocenters. The second-order valence-electron chi connectivity index (χ2n) is 8.48. The molecule has 4 rings (SSSR count). The summed E-state index contributed by atoms with van der Waals surface area (Å²) in [5.74, 6) is 0.200. The Morgan fingerprint density at radius 1 is 1.17 bits per heavy atom. The maximum atomic E-state index is 15.3. The van der Waals surface area contributed by atoms with Gasteiger partial charge < -0.3 is 4.90 Å². The third kappa shape index (κ3) is 4.37. The molecule has 0 radical (unpaired) electrons. The van der Waals surface area contributed by atoms with Gasteiger partial charge in [0.05, 0.1) is 12.6 Å². The predicted molar refractivity (Wildman–Crippen MR) is 112 cm³/mol. The third-order valence-electron chi connectivity index (χ3n) is 5.72. The number of carbonyl (C=O) groups excluding carboxylic acids is 1. The maximum Gasteiger partial charge on any atom is 0.175 e. The van der Waals surface area contributed by atoms with Crippen molar-refractivity contribution in [1.29, 1.82) is 0 Å². The van der Waals surface area contributed by atoms with Crippen molar-refractivity contribution in [2.24, 2.45) is 5.92 Å². The van der Waals surface area contributed by atoms with Crippen molar-refractivity contribution < 1.29 is 9.18 Å². The van der Waals surface area contributed by atoms with Crippen LogP contribution in [0.1, 0.15) is 32.4 Å². The van der Waals surface area contributed by atoms with Gasteiger partial charge in [-0.2, -0.15) is 5.10 Å². The van der Waals surface area contributed by atoms with Crippen LogP contribution in [0.3, 0.4) is 0 Å². The highest BCUT2D eigenvalue weighted by atomic mass is 19.1. The number of aromatic nitrogens is 3. The number of likely N-dealkylation sites (tertiary alicyclic amines) is 1. The SMILES string of the molecule is CC(C)CN1CCC(F)(C(=O)Cc2cc3cc(-c4cn[nH]c4)ccc3cn2)CC1. The summed E-state index contributed by atoms with van der Waals surface area (Å²) in [6.45, 7) is 6.55. The van der Waals surface area contributed by atoms with Gasteiger partial charge in [0.1, 0.15) is 0 Å². The zero-order chi connectivity index (χ0) is 20.4. The zero-order valence-electron chi connectivity index (χ0n) is 17.0. The fourth-order valence-electron chi connectivity index (χ4n) is 4.08. The van der Waals surface area contributed by atoms with Gasteiger partial charge in [0.2, 0.25) is 0 Å². The Hall–Kier alpha value is -2.60. The molecule has 1 fully saturated rings. The van der Waals surface area contributed by atoms with Crippen LogP contribution in [0.2, 0.25) is 0 Å². The summed E-state index contributed by atoms with van der Waals surface area (Å²) in [7, 11) is 0. The summed E-state index contributed by atoms with van der Waals surface area (Å²) < 4.78 is 15.3. The largest absolute Gasteiger partial charge is 0.303 e. The molecule has 0 bridgehead atoms. The van der Waals surface area contributed by atoms with E-state index in [1.807, 2.05) is 30.5 Å². The number of piperidine rings is 1. The van der Waals surface area contributed by atoms with Gasteiger partial charge >= 0.3 is 0 Å². The number of halogens is 1. The molecule has 1 saturated heterocycles. The summed E-state index contributed by atoms with van der Waals surface area (Å²) in [6, 6.07) is 7.96. The van der Waals surface area contributed by atoms with Crippen LogP contribution in [0.25, 0.3) is 21.9 Å². The average molecular weight is 394 g/mol. The first-order valence-corrected chi connectivity index (χ1v) is 10.3. The highest BCUT2D eigenvalue weighted by Gasteiger charge is 2.41. The standard InChI is InChI=1S/C23H27FN4O/c1-16(2)15-28-7-5-23(24,6-8-28)22(29)11-21-10-19-9-17(20-13-26-27-14-20)3-4-18(19)12-25-21/h3-4,9-10,12-14,16H,5-8,11,15H2,1-2H3,(H,26,27). The van der Waals surface area contributed by atoms with Gasteiger partial charge in [-0.25, -0.2) is 4.39 Å². The first kappa shape index (κ1) is 19.7. The number of pyridine rings is 1. The van der Waals surface area contributed by atoms with Crippen molar-refractivity contribution >= 4 is 16.6 Å². The number of hydrogen-bond donors (Lipinski definition) is 1. The Morgan fingerprint density at radius 2 is 1.97 bits per heavy atom. The average Bonchev–Trinajstić information content (AvgIpc) is 3.24. The van der Waals surface area contributed by atoms with Crippen molar-refractivity contribution in [3.05, 3.63) is 48.5 Å². The topological polar surface area (TPSA) is 61.9 Å². The minimum Gasteiger partial charge on any atom is -0.303 e. The van der Waals surface area contributed by atoms with Gasteiger partial charge in [-0.05, 0) is 29.0 Å². The van der Waals surface area contributed by atoms with E-state index >= 15 is 4.39 Å². The number of carbonyl (C=O) groups is 1. The van der Waals surface area contributed by atoms with Gasteiger partial charge in [0, 0.05) is 61.5 Å². The number of rotatable bonds is 6. The molecule has 29 heavy (non-hydrogen) atoms. The van der Waals surface area contributed by atoms with Gasteiger partial charge in [0.25, 0.3) is 0 Å². The van der Waals surface area contributed by atoms with Crippen LogP contribution < -0.4 is 0 Å². The Bertz CT molecular complexity index is 991. The Labute approximate surface area is 170 Å². The van der Waals surface area contributed by atoms with E-state index in [2.05, 4.69) is 33.9 Å². The summed E-state index contributed by atoms with van der Waals surface area (Å²) in [6.07, 6.45) is 5.95. The van der Waals surface area contributed by atoms with E-state index in [0.29, 0.717) is 24.7 Å². The molecule has 3 aromatic rings. The number of ketones is 1. The lowest BCUT2D eigenvalue weighted by atomic mass is 9.86. The number of nitrogens with zero attached hydrogens (tertiary/aromatic N) is 3. The van der Waals surface area contributed by atoms with Crippen molar-refractivity contribution in [2.45, 2.75) is 38.8 Å². The Morgan fingerprint density at radius 3 is 2.66 bits per heavy atom. The molecular weight excluding hydrogens is 367 g/mol. The van der Waals surface area contributed by atoms with E-state index in [4.69, 9.17) is 0 Å².